The first-order valence-electron chi connectivity index (χ1n) is 7.23. The lowest BCUT2D eigenvalue weighted by molar-refractivity contribution is 0.111. The van der Waals surface area contributed by atoms with Crippen LogP contribution in [0.25, 0.3) is 0 Å². The number of halogens is 1. The second kappa shape index (κ2) is 6.79. The zero-order valence-corrected chi connectivity index (χ0v) is 14.2. The Morgan fingerprint density at radius 3 is 2.33 bits per heavy atom. The summed E-state index contributed by atoms with van der Waals surface area (Å²) >= 11 is 3.47. The van der Waals surface area contributed by atoms with Crippen molar-refractivity contribution in [3.8, 4) is 11.5 Å². The van der Waals surface area contributed by atoms with Crippen LogP contribution >= 0.6 is 15.9 Å². The van der Waals surface area contributed by atoms with Gasteiger partial charge in [-0.3, -0.25) is 4.79 Å². The van der Waals surface area contributed by atoms with E-state index in [0.29, 0.717) is 23.6 Å². The van der Waals surface area contributed by atoms with E-state index < -0.39 is 0 Å². The SMILES string of the molecule is COc1c(C2(CN)CCCCC2)cc(Br)c(C=O)c1OC. The van der Waals surface area contributed by atoms with Crippen LogP contribution in [0.3, 0.4) is 0 Å². The molecule has 1 aromatic carbocycles. The van der Waals surface area contributed by atoms with Crippen molar-refractivity contribution in [3.05, 3.63) is 21.7 Å². The number of rotatable bonds is 5. The Balaban J connectivity index is 2.67. The maximum Gasteiger partial charge on any atom is 0.172 e. The van der Waals surface area contributed by atoms with Gasteiger partial charge in [0.25, 0.3) is 0 Å². The number of hydrogen-bond donors (Lipinski definition) is 1. The van der Waals surface area contributed by atoms with E-state index in [-0.39, 0.29) is 5.41 Å². The predicted octanol–water partition coefficient (Wildman–Crippen LogP) is 3.44. The summed E-state index contributed by atoms with van der Waals surface area (Å²) in [4.78, 5) is 11.3. The molecule has 2 rings (SSSR count). The van der Waals surface area contributed by atoms with Crippen molar-refractivity contribution in [2.45, 2.75) is 37.5 Å². The Hall–Kier alpha value is -1.07. The van der Waals surface area contributed by atoms with Crippen LogP contribution in [0.1, 0.15) is 48.0 Å². The van der Waals surface area contributed by atoms with Crippen molar-refractivity contribution in [2.75, 3.05) is 20.8 Å². The highest BCUT2D eigenvalue weighted by atomic mass is 79.9. The van der Waals surface area contributed by atoms with Crippen molar-refractivity contribution in [1.82, 2.24) is 0 Å². The van der Waals surface area contributed by atoms with Gasteiger partial charge in [0.2, 0.25) is 0 Å². The van der Waals surface area contributed by atoms with Gasteiger partial charge in [-0.05, 0) is 34.8 Å². The van der Waals surface area contributed by atoms with E-state index in [1.165, 1.54) is 6.42 Å². The van der Waals surface area contributed by atoms with E-state index >= 15 is 0 Å². The molecule has 0 spiro atoms. The van der Waals surface area contributed by atoms with Gasteiger partial charge in [-0.15, -0.1) is 0 Å². The topological polar surface area (TPSA) is 61.5 Å². The molecule has 21 heavy (non-hydrogen) atoms. The lowest BCUT2D eigenvalue weighted by Crippen LogP contribution is -2.37. The molecule has 1 aliphatic carbocycles. The van der Waals surface area contributed by atoms with Crippen LogP contribution in [-0.2, 0) is 5.41 Å². The highest BCUT2D eigenvalue weighted by Crippen LogP contribution is 2.48. The number of carbonyl (C=O) groups is 1. The molecule has 1 fully saturated rings. The average molecular weight is 356 g/mol. The summed E-state index contributed by atoms with van der Waals surface area (Å²) in [7, 11) is 3.16. The molecule has 0 heterocycles. The van der Waals surface area contributed by atoms with Crippen LogP contribution in [0.2, 0.25) is 0 Å². The normalized spacial score (nSPS) is 17.3. The fraction of sp³-hybridized carbons (Fsp3) is 0.562. The van der Waals surface area contributed by atoms with Gasteiger partial charge in [0, 0.05) is 22.0 Å². The molecule has 0 saturated heterocycles. The van der Waals surface area contributed by atoms with Gasteiger partial charge < -0.3 is 15.2 Å². The minimum absolute atomic E-state index is 0.0964. The molecule has 5 heteroatoms. The van der Waals surface area contributed by atoms with Crippen LogP contribution in [-0.4, -0.2) is 27.1 Å². The second-order valence-corrected chi connectivity index (χ2v) is 6.40. The summed E-state index contributed by atoms with van der Waals surface area (Å²) in [5.74, 6) is 1.12. The van der Waals surface area contributed by atoms with Crippen LogP contribution < -0.4 is 15.2 Å². The largest absolute Gasteiger partial charge is 0.493 e. The van der Waals surface area contributed by atoms with Gasteiger partial charge in [0.1, 0.15) is 0 Å². The molecular weight excluding hydrogens is 334 g/mol. The molecule has 2 N–H and O–H groups in total. The summed E-state index contributed by atoms with van der Waals surface area (Å²) in [5.41, 5.74) is 7.54. The van der Waals surface area contributed by atoms with E-state index in [1.54, 1.807) is 14.2 Å². The van der Waals surface area contributed by atoms with Gasteiger partial charge in [-0.1, -0.05) is 19.3 Å². The Morgan fingerprint density at radius 1 is 1.24 bits per heavy atom. The number of carbonyl (C=O) groups excluding carboxylic acids is 1. The highest BCUT2D eigenvalue weighted by Gasteiger charge is 2.37. The van der Waals surface area contributed by atoms with Crippen LogP contribution in [0.15, 0.2) is 10.5 Å². The summed E-state index contributed by atoms with van der Waals surface area (Å²) in [6.07, 6.45) is 6.43. The van der Waals surface area contributed by atoms with E-state index in [1.807, 2.05) is 6.07 Å². The Labute approximate surface area is 134 Å². The zero-order chi connectivity index (χ0) is 15.5. The third kappa shape index (κ3) is 2.81. The molecular formula is C16H22BrNO3. The van der Waals surface area contributed by atoms with E-state index in [2.05, 4.69) is 15.9 Å². The van der Waals surface area contributed by atoms with Crippen molar-refractivity contribution >= 4 is 22.2 Å². The minimum Gasteiger partial charge on any atom is -0.493 e. The Bertz CT molecular complexity index is 525. The average Bonchev–Trinajstić information content (AvgIpc) is 2.54. The molecule has 1 aliphatic rings. The summed E-state index contributed by atoms with van der Waals surface area (Å²) in [5, 5.41) is 0. The maximum absolute atomic E-state index is 11.3. The standard InChI is InChI=1S/C16H22BrNO3/c1-20-14-11(9-19)13(17)8-12(15(14)21-2)16(10-18)6-4-3-5-7-16/h8-9H,3-7,10,18H2,1-2H3. The molecule has 0 aromatic heterocycles. The Morgan fingerprint density at radius 2 is 1.86 bits per heavy atom. The lowest BCUT2D eigenvalue weighted by atomic mass is 9.69. The summed E-state index contributed by atoms with van der Waals surface area (Å²) in [6.45, 7) is 0.569. The molecule has 4 nitrogen and oxygen atoms in total. The number of hydrogen-bond acceptors (Lipinski definition) is 4. The van der Waals surface area contributed by atoms with Crippen LogP contribution in [0, 0.1) is 0 Å². The third-order valence-electron chi connectivity index (χ3n) is 4.52. The van der Waals surface area contributed by atoms with Crippen LogP contribution in [0.5, 0.6) is 11.5 Å². The first-order chi connectivity index (χ1) is 10.1. The fourth-order valence-electron chi connectivity index (χ4n) is 3.34. The number of nitrogens with two attached hydrogens (primary N) is 1. The number of aldehydes is 1. The first-order valence-corrected chi connectivity index (χ1v) is 8.03. The highest BCUT2D eigenvalue weighted by molar-refractivity contribution is 9.10. The lowest BCUT2D eigenvalue weighted by Gasteiger charge is -2.38. The number of benzene rings is 1. The molecule has 0 unspecified atom stereocenters. The third-order valence-corrected chi connectivity index (χ3v) is 5.18. The molecule has 1 aromatic rings. The first kappa shape index (κ1) is 16.3. The molecule has 0 radical (unpaired) electrons. The van der Waals surface area contributed by atoms with Gasteiger partial charge in [0.05, 0.1) is 19.8 Å². The fourth-order valence-corrected chi connectivity index (χ4v) is 3.85. The number of methoxy groups -OCH3 is 2. The van der Waals surface area contributed by atoms with E-state index in [9.17, 15) is 4.79 Å². The summed E-state index contributed by atoms with van der Waals surface area (Å²) in [6, 6.07) is 1.98. The zero-order valence-electron chi connectivity index (χ0n) is 12.6. The second-order valence-electron chi connectivity index (χ2n) is 5.55. The van der Waals surface area contributed by atoms with Gasteiger partial charge in [-0.2, -0.15) is 0 Å². The minimum atomic E-state index is -0.0964. The van der Waals surface area contributed by atoms with E-state index in [4.69, 9.17) is 15.2 Å². The Kier molecular flexibility index (Phi) is 5.27. The van der Waals surface area contributed by atoms with Crippen molar-refractivity contribution in [2.24, 2.45) is 5.73 Å². The van der Waals surface area contributed by atoms with E-state index in [0.717, 1.165) is 42.0 Å². The summed E-state index contributed by atoms with van der Waals surface area (Å²) < 4.78 is 11.7. The number of ether oxygens (including phenoxy) is 2. The predicted molar refractivity (Wildman–Crippen MR) is 86.5 cm³/mol. The van der Waals surface area contributed by atoms with Crippen molar-refractivity contribution < 1.29 is 14.3 Å². The maximum atomic E-state index is 11.3. The molecule has 0 amide bonds. The van der Waals surface area contributed by atoms with Gasteiger partial charge in [-0.25, -0.2) is 0 Å². The monoisotopic (exact) mass is 355 g/mol. The van der Waals surface area contributed by atoms with Gasteiger partial charge in [0.15, 0.2) is 17.8 Å². The van der Waals surface area contributed by atoms with Crippen LogP contribution in [0.4, 0.5) is 0 Å². The van der Waals surface area contributed by atoms with Crippen molar-refractivity contribution in [3.63, 3.8) is 0 Å². The molecule has 1 saturated carbocycles. The van der Waals surface area contributed by atoms with Crippen molar-refractivity contribution in [1.29, 1.82) is 0 Å². The quantitative estimate of drug-likeness (QED) is 0.821. The molecule has 0 bridgehead atoms. The smallest absolute Gasteiger partial charge is 0.172 e. The molecule has 0 aliphatic heterocycles. The molecule has 116 valence electrons. The van der Waals surface area contributed by atoms with Gasteiger partial charge >= 0.3 is 0 Å². The molecule has 0 atom stereocenters.